The normalized spacial score (nSPS) is 11.1. The summed E-state index contributed by atoms with van der Waals surface area (Å²) in [7, 11) is -3.45. The molecule has 5 nitrogen and oxygen atoms in total. The first-order chi connectivity index (χ1) is 9.80. The number of benzene rings is 2. The lowest BCUT2D eigenvalue weighted by Gasteiger charge is -2.11. The van der Waals surface area contributed by atoms with Gasteiger partial charge in [0, 0.05) is 6.26 Å². The van der Waals surface area contributed by atoms with E-state index in [-0.39, 0.29) is 26.9 Å². The first-order valence-electron chi connectivity index (χ1n) is 5.95. The number of nitrogens with two attached hydrogens (primary N) is 1. The first kappa shape index (κ1) is 15.3. The molecule has 0 saturated heterocycles. The van der Waals surface area contributed by atoms with Gasteiger partial charge in [0.25, 0.3) is 5.91 Å². The van der Waals surface area contributed by atoms with Gasteiger partial charge in [0.2, 0.25) is 0 Å². The smallest absolute Gasteiger partial charge is 0.257 e. The van der Waals surface area contributed by atoms with E-state index in [4.69, 9.17) is 17.3 Å². The van der Waals surface area contributed by atoms with Crippen LogP contribution in [0.3, 0.4) is 0 Å². The van der Waals surface area contributed by atoms with E-state index in [0.717, 1.165) is 6.26 Å². The highest BCUT2D eigenvalue weighted by Crippen LogP contribution is 2.26. The van der Waals surface area contributed by atoms with E-state index in [1.165, 1.54) is 18.2 Å². The van der Waals surface area contributed by atoms with Gasteiger partial charge < -0.3 is 11.1 Å². The summed E-state index contributed by atoms with van der Waals surface area (Å²) >= 11 is 5.98. The van der Waals surface area contributed by atoms with Crippen molar-refractivity contribution >= 4 is 38.7 Å². The fourth-order valence-electron chi connectivity index (χ4n) is 1.81. The Balaban J connectivity index is 2.40. The number of hydrogen-bond donors (Lipinski definition) is 2. The molecule has 0 heterocycles. The van der Waals surface area contributed by atoms with Gasteiger partial charge in [-0.05, 0) is 24.3 Å². The van der Waals surface area contributed by atoms with Crippen molar-refractivity contribution in [2.45, 2.75) is 4.90 Å². The predicted molar refractivity (Wildman–Crippen MR) is 83.4 cm³/mol. The van der Waals surface area contributed by atoms with Gasteiger partial charge in [-0.15, -0.1) is 0 Å². The molecular weight excluding hydrogens is 312 g/mol. The van der Waals surface area contributed by atoms with Crippen molar-refractivity contribution in [2.24, 2.45) is 0 Å². The van der Waals surface area contributed by atoms with Crippen molar-refractivity contribution in [1.82, 2.24) is 0 Å². The molecule has 7 heteroatoms. The van der Waals surface area contributed by atoms with Crippen LogP contribution in [-0.2, 0) is 9.84 Å². The molecule has 1 amide bonds. The third-order valence-electron chi connectivity index (χ3n) is 2.81. The molecule has 0 aliphatic rings. The number of nitrogens with one attached hydrogen (secondary N) is 1. The van der Waals surface area contributed by atoms with Gasteiger partial charge in [0.1, 0.15) is 0 Å². The number of nitrogen functional groups attached to an aromatic ring is 1. The quantitative estimate of drug-likeness (QED) is 0.849. The zero-order valence-electron chi connectivity index (χ0n) is 11.1. The van der Waals surface area contributed by atoms with Crippen LogP contribution in [-0.4, -0.2) is 20.6 Å². The van der Waals surface area contributed by atoms with Crippen LogP contribution in [0.25, 0.3) is 0 Å². The maximum Gasteiger partial charge on any atom is 0.257 e. The van der Waals surface area contributed by atoms with Crippen molar-refractivity contribution in [3.8, 4) is 0 Å². The van der Waals surface area contributed by atoms with Gasteiger partial charge in [0.05, 0.1) is 26.9 Å². The van der Waals surface area contributed by atoms with E-state index in [9.17, 15) is 13.2 Å². The monoisotopic (exact) mass is 324 g/mol. The van der Waals surface area contributed by atoms with E-state index in [1.807, 2.05) is 0 Å². The van der Waals surface area contributed by atoms with Crippen LogP contribution in [0, 0.1) is 0 Å². The summed E-state index contributed by atoms with van der Waals surface area (Å²) in [5.74, 6) is -0.525. The molecule has 2 aromatic carbocycles. The van der Waals surface area contributed by atoms with Crippen molar-refractivity contribution in [2.75, 3.05) is 17.3 Å². The fourth-order valence-corrected chi connectivity index (χ4v) is 2.86. The number of carbonyl (C=O) groups excluding carboxylic acids is 1. The molecule has 3 N–H and O–H groups in total. The van der Waals surface area contributed by atoms with Crippen LogP contribution in [0.4, 0.5) is 11.4 Å². The summed E-state index contributed by atoms with van der Waals surface area (Å²) in [4.78, 5) is 12.3. The molecule has 0 saturated carbocycles. The summed E-state index contributed by atoms with van der Waals surface area (Å²) in [6.07, 6.45) is 1.07. The topological polar surface area (TPSA) is 89.3 Å². The van der Waals surface area contributed by atoms with Crippen LogP contribution < -0.4 is 11.1 Å². The molecule has 2 rings (SSSR count). The molecule has 0 bridgehead atoms. The van der Waals surface area contributed by atoms with Gasteiger partial charge in [-0.3, -0.25) is 4.79 Å². The van der Waals surface area contributed by atoms with Crippen LogP contribution in [0.2, 0.25) is 5.02 Å². The van der Waals surface area contributed by atoms with Gasteiger partial charge in [-0.1, -0.05) is 29.8 Å². The summed E-state index contributed by atoms with van der Waals surface area (Å²) in [5.41, 5.74) is 6.30. The Morgan fingerprint density at radius 1 is 1.14 bits per heavy atom. The number of para-hydroxylation sites is 1. The molecule has 0 aliphatic heterocycles. The van der Waals surface area contributed by atoms with E-state index >= 15 is 0 Å². The minimum atomic E-state index is -3.45. The lowest BCUT2D eigenvalue weighted by atomic mass is 10.2. The van der Waals surface area contributed by atoms with Gasteiger partial charge >= 0.3 is 0 Å². The lowest BCUT2D eigenvalue weighted by molar-refractivity contribution is 0.102. The predicted octanol–water partition coefficient (Wildman–Crippen LogP) is 2.58. The second-order valence-electron chi connectivity index (χ2n) is 4.43. The molecule has 0 unspecified atom stereocenters. The Labute approximate surface area is 127 Å². The number of sulfone groups is 1. The summed E-state index contributed by atoms with van der Waals surface area (Å²) in [6, 6.07) is 10.8. The van der Waals surface area contributed by atoms with Crippen LogP contribution in [0.1, 0.15) is 10.4 Å². The number of hydrogen-bond acceptors (Lipinski definition) is 4. The van der Waals surface area contributed by atoms with Gasteiger partial charge in [0.15, 0.2) is 9.84 Å². The SMILES string of the molecule is CS(=O)(=O)c1ccccc1NC(=O)c1cccc(N)c1Cl. The van der Waals surface area contributed by atoms with E-state index < -0.39 is 15.7 Å². The van der Waals surface area contributed by atoms with E-state index in [2.05, 4.69) is 5.32 Å². The molecular formula is C14H13ClN2O3S. The highest BCUT2D eigenvalue weighted by atomic mass is 35.5. The van der Waals surface area contributed by atoms with Crippen LogP contribution in [0.5, 0.6) is 0 Å². The molecule has 0 radical (unpaired) electrons. The number of carbonyl (C=O) groups is 1. The third-order valence-corrected chi connectivity index (χ3v) is 4.38. The Morgan fingerprint density at radius 3 is 2.48 bits per heavy atom. The van der Waals surface area contributed by atoms with Crippen LogP contribution >= 0.6 is 11.6 Å². The standard InChI is InChI=1S/C14H13ClN2O3S/c1-21(19,20)12-8-3-2-7-11(12)17-14(18)9-5-4-6-10(16)13(9)15/h2-8H,16H2,1H3,(H,17,18). The average Bonchev–Trinajstić information content (AvgIpc) is 2.41. The lowest BCUT2D eigenvalue weighted by Crippen LogP contribution is -2.15. The van der Waals surface area contributed by atoms with Crippen molar-refractivity contribution in [1.29, 1.82) is 0 Å². The second kappa shape index (κ2) is 5.75. The zero-order valence-corrected chi connectivity index (χ0v) is 12.7. The number of rotatable bonds is 3. The fraction of sp³-hybridized carbons (Fsp3) is 0.0714. The van der Waals surface area contributed by atoms with Crippen molar-refractivity contribution < 1.29 is 13.2 Å². The molecule has 2 aromatic rings. The first-order valence-corrected chi connectivity index (χ1v) is 8.22. The average molecular weight is 325 g/mol. The van der Waals surface area contributed by atoms with E-state index in [0.29, 0.717) is 0 Å². The Morgan fingerprint density at radius 2 is 1.81 bits per heavy atom. The zero-order chi connectivity index (χ0) is 15.6. The number of halogens is 1. The Kier molecular flexibility index (Phi) is 4.20. The maximum atomic E-state index is 12.2. The minimum absolute atomic E-state index is 0.0402. The minimum Gasteiger partial charge on any atom is -0.398 e. The van der Waals surface area contributed by atoms with Crippen LogP contribution in [0.15, 0.2) is 47.4 Å². The van der Waals surface area contributed by atoms with Gasteiger partial charge in [-0.25, -0.2) is 8.42 Å². The third kappa shape index (κ3) is 3.34. The van der Waals surface area contributed by atoms with Crippen molar-refractivity contribution in [3.63, 3.8) is 0 Å². The highest BCUT2D eigenvalue weighted by molar-refractivity contribution is 7.90. The molecule has 21 heavy (non-hydrogen) atoms. The molecule has 0 atom stereocenters. The molecule has 0 aromatic heterocycles. The second-order valence-corrected chi connectivity index (χ2v) is 6.79. The number of anilines is 2. The summed E-state index contributed by atoms with van der Waals surface area (Å²) in [5, 5.41) is 2.67. The Hall–Kier alpha value is -2.05. The van der Waals surface area contributed by atoms with Crippen molar-refractivity contribution in [3.05, 3.63) is 53.1 Å². The Bertz CT molecular complexity index is 804. The summed E-state index contributed by atoms with van der Waals surface area (Å²) in [6.45, 7) is 0. The molecule has 0 fully saturated rings. The summed E-state index contributed by atoms with van der Waals surface area (Å²) < 4.78 is 23.4. The largest absolute Gasteiger partial charge is 0.398 e. The molecule has 0 spiro atoms. The number of amides is 1. The van der Waals surface area contributed by atoms with Gasteiger partial charge in [-0.2, -0.15) is 0 Å². The molecule has 0 aliphatic carbocycles. The molecule has 110 valence electrons. The van der Waals surface area contributed by atoms with E-state index in [1.54, 1.807) is 24.3 Å². The highest BCUT2D eigenvalue weighted by Gasteiger charge is 2.17. The maximum absolute atomic E-state index is 12.2.